The van der Waals surface area contributed by atoms with Crippen molar-refractivity contribution in [3.8, 4) is 0 Å². The molecule has 0 saturated carbocycles. The molecule has 1 fully saturated rings. The maximum Gasteiger partial charge on any atom is 0.265 e. The van der Waals surface area contributed by atoms with E-state index in [-0.39, 0.29) is 41.4 Å². The monoisotopic (exact) mass is 321 g/mol. The lowest BCUT2D eigenvalue weighted by Crippen LogP contribution is -2.63. The molecule has 0 spiro atoms. The normalized spacial score (nSPS) is 25.2. The number of nitrogen functional groups attached to an aromatic ring is 1. The number of nitrogens with zero attached hydrogens (tertiary/aromatic N) is 2. The third-order valence-corrected chi connectivity index (χ3v) is 5.12. The van der Waals surface area contributed by atoms with Gasteiger partial charge in [-0.05, 0) is 20.3 Å². The number of likely N-dealkylation sites (N-methyl/N-ethyl adjacent to an activating group) is 1. The molecule has 1 saturated heterocycles. The Morgan fingerprint density at radius 3 is 2.55 bits per heavy atom. The molecule has 3 heterocycles. The van der Waals surface area contributed by atoms with Crippen LogP contribution in [-0.2, 0) is 9.59 Å². The average Bonchev–Trinajstić information content (AvgIpc) is 2.97. The summed E-state index contributed by atoms with van der Waals surface area (Å²) < 4.78 is 0. The number of thiophene rings is 1. The topological polar surface area (TPSA) is 101 Å². The highest BCUT2D eigenvalue weighted by molar-refractivity contribution is 7.14. The van der Waals surface area contributed by atoms with Crippen molar-refractivity contribution < 1.29 is 19.2 Å². The van der Waals surface area contributed by atoms with Crippen LogP contribution in [0.1, 0.15) is 47.4 Å². The Hall–Kier alpha value is -2.22. The molecule has 4 amide bonds. The van der Waals surface area contributed by atoms with Gasteiger partial charge in [0.15, 0.2) is 0 Å². The van der Waals surface area contributed by atoms with Gasteiger partial charge in [-0.1, -0.05) is 0 Å². The van der Waals surface area contributed by atoms with Gasteiger partial charge in [0, 0.05) is 18.3 Å². The Morgan fingerprint density at radius 1 is 1.27 bits per heavy atom. The van der Waals surface area contributed by atoms with Crippen LogP contribution < -0.4 is 5.73 Å². The fourth-order valence-corrected chi connectivity index (χ4v) is 3.83. The summed E-state index contributed by atoms with van der Waals surface area (Å²) in [6, 6.07) is 0. The Balaban J connectivity index is 2.04. The zero-order valence-corrected chi connectivity index (χ0v) is 13.0. The van der Waals surface area contributed by atoms with Crippen molar-refractivity contribution in [1.29, 1.82) is 0 Å². The van der Waals surface area contributed by atoms with Gasteiger partial charge in [0.1, 0.15) is 5.54 Å². The zero-order valence-electron chi connectivity index (χ0n) is 12.2. The molecular formula is C14H15N3O4S. The number of hydrogen-bond donors (Lipinski definition) is 1. The van der Waals surface area contributed by atoms with Crippen molar-refractivity contribution in [2.75, 3.05) is 12.3 Å². The average molecular weight is 321 g/mol. The third-order valence-electron chi connectivity index (χ3n) is 4.31. The first-order valence-electron chi connectivity index (χ1n) is 6.93. The number of amides is 4. The number of imide groups is 2. The maximum atomic E-state index is 12.7. The molecule has 116 valence electrons. The van der Waals surface area contributed by atoms with Crippen molar-refractivity contribution in [3.05, 3.63) is 16.5 Å². The summed E-state index contributed by atoms with van der Waals surface area (Å²) in [5.74, 6) is -1.87. The first-order chi connectivity index (χ1) is 10.3. The molecule has 8 heteroatoms. The van der Waals surface area contributed by atoms with Crippen LogP contribution in [0.25, 0.3) is 0 Å². The number of piperidine rings is 1. The summed E-state index contributed by atoms with van der Waals surface area (Å²) in [5.41, 5.74) is 4.82. The molecule has 22 heavy (non-hydrogen) atoms. The van der Waals surface area contributed by atoms with Crippen LogP contribution in [0.5, 0.6) is 0 Å². The summed E-state index contributed by atoms with van der Waals surface area (Å²) in [7, 11) is 0. The second kappa shape index (κ2) is 4.64. The van der Waals surface area contributed by atoms with E-state index in [4.69, 9.17) is 5.73 Å². The molecule has 2 aliphatic heterocycles. The van der Waals surface area contributed by atoms with Crippen molar-refractivity contribution >= 4 is 40.0 Å². The van der Waals surface area contributed by atoms with E-state index in [2.05, 4.69) is 0 Å². The standard InChI is InChI=1S/C14H15N3O4S/c1-3-16-8(18)4-5-14(2,13(16)21)17-11(19)7-6-22-10(15)9(7)12(17)20/h6H,3-5,15H2,1-2H3/t14-/m0/s1. The summed E-state index contributed by atoms with van der Waals surface area (Å²) in [5, 5.41) is 1.80. The lowest BCUT2D eigenvalue weighted by Gasteiger charge is -2.42. The molecule has 0 radical (unpaired) electrons. The van der Waals surface area contributed by atoms with Gasteiger partial charge >= 0.3 is 0 Å². The highest BCUT2D eigenvalue weighted by Gasteiger charge is 2.55. The van der Waals surface area contributed by atoms with E-state index in [1.807, 2.05) is 0 Å². The Morgan fingerprint density at radius 2 is 1.95 bits per heavy atom. The molecule has 3 rings (SSSR count). The Bertz CT molecular complexity index is 726. The van der Waals surface area contributed by atoms with Crippen LogP contribution in [0.3, 0.4) is 0 Å². The number of anilines is 1. The molecule has 1 aromatic heterocycles. The minimum atomic E-state index is -1.35. The highest BCUT2D eigenvalue weighted by atomic mass is 32.1. The summed E-state index contributed by atoms with van der Waals surface area (Å²) >= 11 is 1.13. The summed E-state index contributed by atoms with van der Waals surface area (Å²) in [4.78, 5) is 51.7. The molecule has 1 aromatic rings. The van der Waals surface area contributed by atoms with Crippen molar-refractivity contribution in [2.24, 2.45) is 0 Å². The Kier molecular flexibility index (Phi) is 3.10. The fraction of sp³-hybridized carbons (Fsp3) is 0.429. The molecule has 2 aliphatic rings. The van der Waals surface area contributed by atoms with Gasteiger partial charge < -0.3 is 5.73 Å². The Labute approximate surface area is 130 Å². The number of carbonyl (C=O) groups excluding carboxylic acids is 4. The van der Waals surface area contributed by atoms with Crippen LogP contribution in [0.4, 0.5) is 5.00 Å². The molecule has 1 atom stereocenters. The van der Waals surface area contributed by atoms with Crippen LogP contribution in [0, 0.1) is 0 Å². The van der Waals surface area contributed by atoms with Gasteiger partial charge in [-0.15, -0.1) is 11.3 Å². The van der Waals surface area contributed by atoms with Gasteiger partial charge in [0.2, 0.25) is 5.91 Å². The number of carbonyl (C=O) groups is 4. The second-order valence-corrected chi connectivity index (χ2v) is 6.46. The molecule has 2 N–H and O–H groups in total. The number of nitrogens with two attached hydrogens (primary N) is 1. The maximum absolute atomic E-state index is 12.7. The fourth-order valence-electron chi connectivity index (χ4n) is 3.05. The zero-order chi connectivity index (χ0) is 16.2. The van der Waals surface area contributed by atoms with Crippen LogP contribution >= 0.6 is 11.3 Å². The van der Waals surface area contributed by atoms with Gasteiger partial charge in [0.25, 0.3) is 17.7 Å². The van der Waals surface area contributed by atoms with Gasteiger partial charge in [-0.3, -0.25) is 29.0 Å². The van der Waals surface area contributed by atoms with Gasteiger partial charge in [-0.2, -0.15) is 0 Å². The van der Waals surface area contributed by atoms with E-state index in [1.165, 1.54) is 12.3 Å². The number of likely N-dealkylation sites (tertiary alicyclic amines) is 1. The van der Waals surface area contributed by atoms with E-state index in [0.717, 1.165) is 21.1 Å². The van der Waals surface area contributed by atoms with Gasteiger partial charge in [-0.25, -0.2) is 0 Å². The van der Waals surface area contributed by atoms with E-state index in [0.29, 0.717) is 0 Å². The molecule has 0 aromatic carbocycles. The molecule has 0 aliphatic carbocycles. The van der Waals surface area contributed by atoms with Crippen molar-refractivity contribution in [3.63, 3.8) is 0 Å². The minimum absolute atomic E-state index is 0.121. The summed E-state index contributed by atoms with van der Waals surface area (Å²) in [6.07, 6.45) is 0.252. The third kappa shape index (κ3) is 1.67. The molecule has 0 bridgehead atoms. The van der Waals surface area contributed by atoms with Crippen molar-refractivity contribution in [1.82, 2.24) is 9.80 Å². The lowest BCUT2D eigenvalue weighted by atomic mass is 9.87. The quantitative estimate of drug-likeness (QED) is 0.814. The van der Waals surface area contributed by atoms with E-state index >= 15 is 0 Å². The first-order valence-corrected chi connectivity index (χ1v) is 7.81. The number of fused-ring (bicyclic) bond motifs is 1. The highest BCUT2D eigenvalue weighted by Crippen LogP contribution is 2.40. The van der Waals surface area contributed by atoms with E-state index in [9.17, 15) is 19.2 Å². The predicted octanol–water partition coefficient (Wildman–Crippen LogP) is 0.854. The van der Waals surface area contributed by atoms with E-state index in [1.54, 1.807) is 6.92 Å². The lowest BCUT2D eigenvalue weighted by molar-refractivity contribution is -0.156. The largest absolute Gasteiger partial charge is 0.390 e. The number of rotatable bonds is 2. The van der Waals surface area contributed by atoms with Gasteiger partial charge in [0.05, 0.1) is 16.1 Å². The van der Waals surface area contributed by atoms with Crippen LogP contribution in [-0.4, -0.2) is 45.5 Å². The smallest absolute Gasteiger partial charge is 0.265 e. The van der Waals surface area contributed by atoms with E-state index < -0.39 is 23.3 Å². The van der Waals surface area contributed by atoms with Crippen molar-refractivity contribution in [2.45, 2.75) is 32.2 Å². The first kappa shape index (κ1) is 14.7. The predicted molar refractivity (Wildman–Crippen MR) is 79.3 cm³/mol. The molecule has 0 unspecified atom stereocenters. The molecular weight excluding hydrogens is 306 g/mol. The van der Waals surface area contributed by atoms with Crippen LogP contribution in [0.2, 0.25) is 0 Å². The molecule has 7 nitrogen and oxygen atoms in total. The minimum Gasteiger partial charge on any atom is -0.390 e. The summed E-state index contributed by atoms with van der Waals surface area (Å²) in [6.45, 7) is 3.43. The second-order valence-electron chi connectivity index (χ2n) is 5.55. The van der Waals surface area contributed by atoms with Crippen LogP contribution in [0.15, 0.2) is 5.38 Å². The number of hydrogen-bond acceptors (Lipinski definition) is 6. The SMILES string of the molecule is CCN1C(=O)CC[C@](C)(N2C(=O)c3csc(N)c3C2=O)C1=O.